The third-order valence-electron chi connectivity index (χ3n) is 3.30. The molecule has 0 fully saturated rings. The molecule has 3 aromatic rings. The molecule has 2 heterocycles. The van der Waals surface area contributed by atoms with Crippen LogP contribution in [0.5, 0.6) is 0 Å². The van der Waals surface area contributed by atoms with Crippen LogP contribution in [-0.2, 0) is 16.1 Å². The zero-order valence-electron chi connectivity index (χ0n) is 13.4. The van der Waals surface area contributed by atoms with E-state index in [0.29, 0.717) is 22.6 Å². The quantitative estimate of drug-likeness (QED) is 0.626. The van der Waals surface area contributed by atoms with Crippen molar-refractivity contribution in [2.24, 2.45) is 0 Å². The predicted octanol–water partition coefficient (Wildman–Crippen LogP) is 2.96. The maximum absolute atomic E-state index is 11.9. The van der Waals surface area contributed by atoms with Crippen molar-refractivity contribution in [1.29, 1.82) is 0 Å². The van der Waals surface area contributed by atoms with Crippen LogP contribution in [0.3, 0.4) is 0 Å². The average Bonchev–Trinajstić information content (AvgIpc) is 3.10. The van der Waals surface area contributed by atoms with E-state index < -0.39 is 5.97 Å². The van der Waals surface area contributed by atoms with E-state index in [9.17, 15) is 4.79 Å². The number of ether oxygens (including phenoxy) is 1. The summed E-state index contributed by atoms with van der Waals surface area (Å²) in [7, 11) is 1.71. The minimum atomic E-state index is -0.429. The van der Waals surface area contributed by atoms with Crippen LogP contribution in [0.2, 0.25) is 5.02 Å². The smallest absolute Gasteiger partial charge is 0.326 e. The van der Waals surface area contributed by atoms with Gasteiger partial charge in [0.2, 0.25) is 11.8 Å². The van der Waals surface area contributed by atoms with E-state index in [2.05, 4.69) is 15.0 Å². The fourth-order valence-electron chi connectivity index (χ4n) is 2.07. The summed E-state index contributed by atoms with van der Waals surface area (Å²) in [5.41, 5.74) is 0.843. The van der Waals surface area contributed by atoms with Gasteiger partial charge in [0.05, 0.1) is 6.20 Å². The summed E-state index contributed by atoms with van der Waals surface area (Å²) in [6.07, 6.45) is 4.79. The monoisotopic (exact) mass is 358 g/mol. The number of carbonyl (C=O) groups excluding carboxylic acids is 1. The molecule has 0 bridgehead atoms. The van der Waals surface area contributed by atoms with Crippen LogP contribution in [0.25, 0.3) is 11.3 Å². The van der Waals surface area contributed by atoms with Gasteiger partial charge in [0.15, 0.2) is 12.4 Å². The Balaban J connectivity index is 1.53. The molecule has 0 N–H and O–H groups in total. The summed E-state index contributed by atoms with van der Waals surface area (Å²) in [5, 5.41) is 0.643. The van der Waals surface area contributed by atoms with Gasteiger partial charge in [-0.3, -0.25) is 4.79 Å². The second kappa shape index (κ2) is 7.76. The fraction of sp³-hybridized carbons (Fsp3) is 0.176. The molecule has 0 radical (unpaired) electrons. The molecule has 0 amide bonds. The first-order valence-electron chi connectivity index (χ1n) is 7.46. The van der Waals surface area contributed by atoms with Crippen LogP contribution in [0.1, 0.15) is 5.89 Å². The van der Waals surface area contributed by atoms with E-state index >= 15 is 0 Å². The van der Waals surface area contributed by atoms with Crippen molar-refractivity contribution in [1.82, 2.24) is 15.0 Å². The molecule has 0 unspecified atom stereocenters. The highest BCUT2D eigenvalue weighted by molar-refractivity contribution is 6.30. The molecule has 1 aromatic carbocycles. The molecule has 2 aromatic heterocycles. The zero-order valence-corrected chi connectivity index (χ0v) is 14.2. The molecule has 0 aliphatic rings. The molecule has 7 nitrogen and oxygen atoms in total. The minimum Gasteiger partial charge on any atom is -0.454 e. The predicted molar refractivity (Wildman–Crippen MR) is 92.0 cm³/mol. The lowest BCUT2D eigenvalue weighted by atomic mass is 10.2. The first-order valence-corrected chi connectivity index (χ1v) is 7.84. The molecular formula is C17H15ClN4O3. The number of oxazole rings is 1. The molecule has 3 rings (SSSR count). The summed E-state index contributed by atoms with van der Waals surface area (Å²) >= 11 is 5.86. The number of anilines is 1. The van der Waals surface area contributed by atoms with Crippen molar-refractivity contribution < 1.29 is 13.9 Å². The fourth-order valence-corrected chi connectivity index (χ4v) is 2.19. The standard InChI is InChI=1S/C17H15ClN4O3/c1-22(17-19-7-2-8-20-17)10-16(23)24-11-15-21-9-14(25-15)12-3-5-13(18)6-4-12/h2-9H,10-11H2,1H3. The zero-order chi connectivity index (χ0) is 17.6. The number of esters is 1. The summed E-state index contributed by atoms with van der Waals surface area (Å²) < 4.78 is 10.8. The molecule has 0 aliphatic heterocycles. The van der Waals surface area contributed by atoms with Gasteiger partial charge in [0, 0.05) is 30.0 Å². The number of likely N-dealkylation sites (N-methyl/N-ethyl adjacent to an activating group) is 1. The number of aromatic nitrogens is 3. The lowest BCUT2D eigenvalue weighted by Crippen LogP contribution is -2.28. The maximum Gasteiger partial charge on any atom is 0.326 e. The summed E-state index contributed by atoms with van der Waals surface area (Å²) in [6.45, 7) is -0.0231. The Morgan fingerprint density at radius 1 is 1.20 bits per heavy atom. The van der Waals surface area contributed by atoms with E-state index in [1.54, 1.807) is 48.7 Å². The number of carbonyl (C=O) groups is 1. The van der Waals surface area contributed by atoms with Crippen molar-refractivity contribution >= 4 is 23.5 Å². The van der Waals surface area contributed by atoms with Crippen LogP contribution in [0.15, 0.2) is 53.3 Å². The van der Waals surface area contributed by atoms with Crippen LogP contribution >= 0.6 is 11.6 Å². The van der Waals surface area contributed by atoms with Gasteiger partial charge in [-0.2, -0.15) is 0 Å². The number of halogens is 1. The Hall–Kier alpha value is -2.93. The highest BCUT2D eigenvalue weighted by Gasteiger charge is 2.13. The Kier molecular flexibility index (Phi) is 5.25. The van der Waals surface area contributed by atoms with Crippen LogP contribution in [0, 0.1) is 0 Å². The third-order valence-corrected chi connectivity index (χ3v) is 3.55. The highest BCUT2D eigenvalue weighted by atomic mass is 35.5. The molecule has 0 aliphatic carbocycles. The van der Waals surface area contributed by atoms with Gasteiger partial charge in [0.25, 0.3) is 0 Å². The molecule has 0 spiro atoms. The summed E-state index contributed by atoms with van der Waals surface area (Å²) in [4.78, 5) is 25.7. The van der Waals surface area contributed by atoms with Gasteiger partial charge >= 0.3 is 5.97 Å². The first kappa shape index (κ1) is 16.9. The summed E-state index contributed by atoms with van der Waals surface area (Å²) in [6, 6.07) is 8.89. The lowest BCUT2D eigenvalue weighted by Gasteiger charge is -2.14. The van der Waals surface area contributed by atoms with Crippen molar-refractivity contribution in [3.8, 4) is 11.3 Å². The largest absolute Gasteiger partial charge is 0.454 e. The second-order valence-corrected chi connectivity index (χ2v) is 5.63. The number of hydrogen-bond donors (Lipinski definition) is 0. The lowest BCUT2D eigenvalue weighted by molar-refractivity contribution is -0.143. The summed E-state index contributed by atoms with van der Waals surface area (Å²) in [5.74, 6) is 0.913. The average molecular weight is 359 g/mol. The van der Waals surface area contributed by atoms with E-state index in [1.165, 1.54) is 0 Å². The van der Waals surface area contributed by atoms with E-state index in [1.807, 2.05) is 12.1 Å². The number of nitrogens with zero attached hydrogens (tertiary/aromatic N) is 4. The molecule has 8 heteroatoms. The highest BCUT2D eigenvalue weighted by Crippen LogP contribution is 2.22. The number of benzene rings is 1. The number of rotatable bonds is 6. The van der Waals surface area contributed by atoms with Gasteiger partial charge in [-0.25, -0.2) is 15.0 Å². The first-order chi connectivity index (χ1) is 12.1. The van der Waals surface area contributed by atoms with Crippen LogP contribution < -0.4 is 4.90 Å². The molecular weight excluding hydrogens is 344 g/mol. The normalized spacial score (nSPS) is 10.5. The Morgan fingerprint density at radius 2 is 1.92 bits per heavy atom. The molecule has 25 heavy (non-hydrogen) atoms. The van der Waals surface area contributed by atoms with Crippen LogP contribution in [0.4, 0.5) is 5.95 Å². The van der Waals surface area contributed by atoms with E-state index in [0.717, 1.165) is 5.56 Å². The van der Waals surface area contributed by atoms with Crippen LogP contribution in [-0.4, -0.2) is 34.5 Å². The van der Waals surface area contributed by atoms with Gasteiger partial charge < -0.3 is 14.1 Å². The maximum atomic E-state index is 11.9. The second-order valence-electron chi connectivity index (χ2n) is 5.19. The van der Waals surface area contributed by atoms with E-state index in [4.69, 9.17) is 20.8 Å². The Morgan fingerprint density at radius 3 is 2.64 bits per heavy atom. The molecule has 0 saturated heterocycles. The van der Waals surface area contributed by atoms with Crippen molar-refractivity contribution in [2.75, 3.05) is 18.5 Å². The van der Waals surface area contributed by atoms with Crippen molar-refractivity contribution in [3.63, 3.8) is 0 Å². The van der Waals surface area contributed by atoms with Crippen molar-refractivity contribution in [2.45, 2.75) is 6.61 Å². The van der Waals surface area contributed by atoms with E-state index in [-0.39, 0.29) is 13.2 Å². The Labute approximate surface area is 149 Å². The van der Waals surface area contributed by atoms with Gasteiger partial charge in [-0.15, -0.1) is 0 Å². The van der Waals surface area contributed by atoms with Gasteiger partial charge in [-0.05, 0) is 30.3 Å². The third kappa shape index (κ3) is 4.54. The van der Waals surface area contributed by atoms with Crippen molar-refractivity contribution in [3.05, 3.63) is 59.8 Å². The molecule has 128 valence electrons. The van der Waals surface area contributed by atoms with Gasteiger partial charge in [-0.1, -0.05) is 11.6 Å². The molecule has 0 saturated carbocycles. The van der Waals surface area contributed by atoms with Gasteiger partial charge in [0.1, 0.15) is 6.54 Å². The Bertz CT molecular complexity index is 837. The number of hydrogen-bond acceptors (Lipinski definition) is 7. The minimum absolute atomic E-state index is 0.0226. The molecule has 0 atom stereocenters. The topological polar surface area (TPSA) is 81.4 Å². The SMILES string of the molecule is CN(CC(=O)OCc1ncc(-c2ccc(Cl)cc2)o1)c1ncccn1.